The van der Waals surface area contributed by atoms with Crippen LogP contribution in [0.4, 0.5) is 5.13 Å². The van der Waals surface area contributed by atoms with Crippen LogP contribution >= 0.6 is 11.3 Å². The number of rotatable bonds is 6. The van der Waals surface area contributed by atoms with Gasteiger partial charge in [0.2, 0.25) is 0 Å². The predicted octanol–water partition coefficient (Wildman–Crippen LogP) is 4.83. The van der Waals surface area contributed by atoms with E-state index in [2.05, 4.69) is 6.07 Å². The summed E-state index contributed by atoms with van der Waals surface area (Å²) in [4.78, 5) is 19.9. The van der Waals surface area contributed by atoms with Crippen molar-refractivity contribution in [3.8, 4) is 5.75 Å². The van der Waals surface area contributed by atoms with Crippen LogP contribution < -0.4 is 9.64 Å². The molecule has 1 atom stereocenters. The molecular weight excluding hydrogens is 372 g/mol. The maximum atomic E-state index is 13.4. The van der Waals surface area contributed by atoms with Crippen molar-refractivity contribution in [2.75, 3.05) is 24.7 Å². The quantitative estimate of drug-likeness (QED) is 0.599. The van der Waals surface area contributed by atoms with Crippen molar-refractivity contribution in [2.45, 2.75) is 32.8 Å². The zero-order valence-corrected chi connectivity index (χ0v) is 17.0. The lowest BCUT2D eigenvalue weighted by molar-refractivity contribution is 0.0917. The van der Waals surface area contributed by atoms with Gasteiger partial charge in [0.25, 0.3) is 5.91 Å². The number of aryl methyl sites for hydroxylation is 1. The number of amides is 1. The summed E-state index contributed by atoms with van der Waals surface area (Å²) in [7, 11) is 0. The van der Waals surface area contributed by atoms with Gasteiger partial charge in [-0.1, -0.05) is 23.5 Å². The Bertz CT molecular complexity index is 962. The van der Waals surface area contributed by atoms with Gasteiger partial charge in [-0.15, -0.1) is 0 Å². The van der Waals surface area contributed by atoms with E-state index in [-0.39, 0.29) is 12.0 Å². The minimum Gasteiger partial charge on any atom is -0.494 e. The maximum Gasteiger partial charge on any atom is 0.260 e. The molecule has 1 saturated heterocycles. The first kappa shape index (κ1) is 18.9. The van der Waals surface area contributed by atoms with Crippen LogP contribution in [0.1, 0.15) is 35.7 Å². The molecule has 0 aliphatic carbocycles. The van der Waals surface area contributed by atoms with Crippen LogP contribution in [-0.4, -0.2) is 36.8 Å². The molecule has 0 bridgehead atoms. The smallest absolute Gasteiger partial charge is 0.260 e. The molecule has 146 valence electrons. The number of ether oxygens (including phenoxy) is 2. The monoisotopic (exact) mass is 396 g/mol. The fraction of sp³-hybridized carbons (Fsp3) is 0.364. The van der Waals surface area contributed by atoms with E-state index >= 15 is 0 Å². The first-order chi connectivity index (χ1) is 13.7. The number of thiazole rings is 1. The normalized spacial score (nSPS) is 16.4. The molecule has 1 aliphatic rings. The minimum atomic E-state index is -0.0599. The average Bonchev–Trinajstić information content (AvgIpc) is 3.37. The molecule has 3 aromatic rings. The SMILES string of the molecule is CCOc1ccc(C(=O)N(CC2CCCO2)c2nc3c(C)cccc3s2)cc1. The molecule has 2 aromatic carbocycles. The molecule has 1 aliphatic heterocycles. The van der Waals surface area contributed by atoms with Crippen molar-refractivity contribution in [3.05, 3.63) is 53.6 Å². The molecule has 28 heavy (non-hydrogen) atoms. The van der Waals surface area contributed by atoms with Gasteiger partial charge in [-0.3, -0.25) is 9.69 Å². The van der Waals surface area contributed by atoms with Crippen LogP contribution in [0, 0.1) is 6.92 Å². The van der Waals surface area contributed by atoms with Gasteiger partial charge in [0, 0.05) is 12.2 Å². The molecule has 1 unspecified atom stereocenters. The number of fused-ring (bicyclic) bond motifs is 1. The van der Waals surface area contributed by atoms with E-state index in [0.717, 1.165) is 46.1 Å². The second-order valence-corrected chi connectivity index (χ2v) is 7.94. The van der Waals surface area contributed by atoms with E-state index in [1.165, 1.54) is 0 Å². The molecule has 6 heteroatoms. The van der Waals surface area contributed by atoms with Gasteiger partial charge >= 0.3 is 0 Å². The summed E-state index contributed by atoms with van der Waals surface area (Å²) in [5.41, 5.74) is 2.70. The molecule has 1 fully saturated rings. The summed E-state index contributed by atoms with van der Waals surface area (Å²) >= 11 is 1.55. The van der Waals surface area contributed by atoms with E-state index in [9.17, 15) is 4.79 Å². The van der Waals surface area contributed by atoms with E-state index in [1.54, 1.807) is 16.2 Å². The molecule has 0 radical (unpaired) electrons. The Labute approximate surface area is 168 Å². The minimum absolute atomic E-state index is 0.0553. The highest BCUT2D eigenvalue weighted by Crippen LogP contribution is 2.32. The molecule has 0 saturated carbocycles. The Balaban J connectivity index is 1.67. The van der Waals surface area contributed by atoms with E-state index in [4.69, 9.17) is 14.5 Å². The first-order valence-corrected chi connectivity index (χ1v) is 10.5. The van der Waals surface area contributed by atoms with E-state index in [1.807, 2.05) is 50.2 Å². The lowest BCUT2D eigenvalue weighted by atomic mass is 10.1. The molecule has 1 aromatic heterocycles. The second-order valence-electron chi connectivity index (χ2n) is 6.93. The number of hydrogen-bond acceptors (Lipinski definition) is 5. The van der Waals surface area contributed by atoms with Gasteiger partial charge in [-0.2, -0.15) is 0 Å². The Morgan fingerprint density at radius 2 is 2.11 bits per heavy atom. The van der Waals surface area contributed by atoms with Crippen LogP contribution in [0.2, 0.25) is 0 Å². The fourth-order valence-corrected chi connectivity index (χ4v) is 4.50. The number of nitrogens with zero attached hydrogens (tertiary/aromatic N) is 2. The highest BCUT2D eigenvalue weighted by atomic mass is 32.1. The zero-order valence-electron chi connectivity index (χ0n) is 16.2. The predicted molar refractivity (Wildman–Crippen MR) is 113 cm³/mol. The van der Waals surface area contributed by atoms with Crippen molar-refractivity contribution < 1.29 is 14.3 Å². The molecule has 1 amide bonds. The number of carbonyl (C=O) groups excluding carboxylic acids is 1. The van der Waals surface area contributed by atoms with E-state index in [0.29, 0.717) is 18.7 Å². The molecule has 0 N–H and O–H groups in total. The van der Waals surface area contributed by atoms with Crippen LogP contribution in [0.25, 0.3) is 10.2 Å². The zero-order chi connectivity index (χ0) is 19.5. The van der Waals surface area contributed by atoms with Crippen molar-refractivity contribution >= 4 is 32.6 Å². The first-order valence-electron chi connectivity index (χ1n) is 9.68. The third-order valence-corrected chi connectivity index (χ3v) is 5.95. The molecule has 2 heterocycles. The van der Waals surface area contributed by atoms with Crippen LogP contribution in [0.3, 0.4) is 0 Å². The third-order valence-electron chi connectivity index (χ3n) is 4.91. The lowest BCUT2D eigenvalue weighted by Gasteiger charge is -2.23. The Morgan fingerprint density at radius 3 is 2.79 bits per heavy atom. The van der Waals surface area contributed by atoms with Crippen LogP contribution in [-0.2, 0) is 4.74 Å². The van der Waals surface area contributed by atoms with Gasteiger partial charge in [-0.25, -0.2) is 4.98 Å². The summed E-state index contributed by atoms with van der Waals surface area (Å²) in [6, 6.07) is 13.4. The highest BCUT2D eigenvalue weighted by Gasteiger charge is 2.27. The van der Waals surface area contributed by atoms with Gasteiger partial charge < -0.3 is 9.47 Å². The fourth-order valence-electron chi connectivity index (χ4n) is 3.45. The standard InChI is InChI=1S/C22H24N2O3S/c1-3-26-17-11-9-16(10-12-17)21(25)24(14-18-7-5-13-27-18)22-23-20-15(2)6-4-8-19(20)28-22/h4,6,8-12,18H,3,5,7,13-14H2,1-2H3. The Hall–Kier alpha value is -2.44. The molecule has 4 rings (SSSR count). The van der Waals surface area contributed by atoms with Crippen LogP contribution in [0.5, 0.6) is 5.75 Å². The van der Waals surface area contributed by atoms with Crippen molar-refractivity contribution in [3.63, 3.8) is 0 Å². The topological polar surface area (TPSA) is 51.7 Å². The number of para-hydroxylation sites is 1. The largest absolute Gasteiger partial charge is 0.494 e. The molecular formula is C22H24N2O3S. The molecule has 5 nitrogen and oxygen atoms in total. The summed E-state index contributed by atoms with van der Waals surface area (Å²) in [5.74, 6) is 0.704. The number of aromatic nitrogens is 1. The lowest BCUT2D eigenvalue weighted by Crippen LogP contribution is -2.37. The summed E-state index contributed by atoms with van der Waals surface area (Å²) in [6.45, 7) is 5.87. The number of hydrogen-bond donors (Lipinski definition) is 0. The highest BCUT2D eigenvalue weighted by molar-refractivity contribution is 7.22. The van der Waals surface area contributed by atoms with Crippen molar-refractivity contribution in [2.24, 2.45) is 0 Å². The van der Waals surface area contributed by atoms with Gasteiger partial charge in [0.1, 0.15) is 5.75 Å². The van der Waals surface area contributed by atoms with Crippen molar-refractivity contribution in [1.29, 1.82) is 0 Å². The number of anilines is 1. The Morgan fingerprint density at radius 1 is 1.29 bits per heavy atom. The average molecular weight is 397 g/mol. The third kappa shape index (κ3) is 3.88. The second kappa shape index (κ2) is 8.29. The number of carbonyl (C=O) groups is 1. The van der Waals surface area contributed by atoms with Gasteiger partial charge in [0.15, 0.2) is 5.13 Å². The summed E-state index contributed by atoms with van der Waals surface area (Å²) in [6.07, 6.45) is 2.06. The maximum absolute atomic E-state index is 13.4. The van der Waals surface area contributed by atoms with Crippen molar-refractivity contribution in [1.82, 2.24) is 4.98 Å². The Kier molecular flexibility index (Phi) is 5.59. The summed E-state index contributed by atoms with van der Waals surface area (Å²) in [5, 5.41) is 0.721. The van der Waals surface area contributed by atoms with Gasteiger partial charge in [0.05, 0.1) is 29.5 Å². The molecule has 0 spiro atoms. The summed E-state index contributed by atoms with van der Waals surface area (Å²) < 4.78 is 12.4. The van der Waals surface area contributed by atoms with Crippen LogP contribution in [0.15, 0.2) is 42.5 Å². The van der Waals surface area contributed by atoms with E-state index < -0.39 is 0 Å². The number of benzene rings is 2. The van der Waals surface area contributed by atoms with Gasteiger partial charge in [-0.05, 0) is 62.6 Å².